The van der Waals surface area contributed by atoms with Crippen molar-refractivity contribution in [1.29, 1.82) is 0 Å². The second-order valence-electron chi connectivity index (χ2n) is 2.82. The van der Waals surface area contributed by atoms with Crippen LogP contribution in [0.4, 0.5) is 8.78 Å². The Morgan fingerprint density at radius 3 is 2.38 bits per heavy atom. The molecule has 16 heavy (non-hydrogen) atoms. The number of allylic oxidation sites excluding steroid dienone is 1. The highest BCUT2D eigenvalue weighted by Gasteiger charge is 2.14. The van der Waals surface area contributed by atoms with Crippen LogP contribution in [0, 0.1) is 11.6 Å². The summed E-state index contributed by atoms with van der Waals surface area (Å²) in [6.45, 7) is 0. The standard InChI is InChI=1S/C10H6F2O4/c11-5-1-2-7(12)6(3-5)8(13)4-9(14)10(15)16/h1-4,14H,(H,15,16). The van der Waals surface area contributed by atoms with Gasteiger partial charge in [0.2, 0.25) is 5.76 Å². The van der Waals surface area contributed by atoms with Gasteiger partial charge in [0, 0.05) is 6.08 Å². The molecule has 4 nitrogen and oxygen atoms in total. The Bertz CT molecular complexity index is 480. The summed E-state index contributed by atoms with van der Waals surface area (Å²) < 4.78 is 25.7. The fraction of sp³-hybridized carbons (Fsp3) is 0. The maximum Gasteiger partial charge on any atom is 0.371 e. The smallest absolute Gasteiger partial charge is 0.371 e. The number of rotatable bonds is 3. The van der Waals surface area contributed by atoms with Crippen LogP contribution in [0.5, 0.6) is 0 Å². The molecule has 1 aromatic rings. The molecule has 0 heterocycles. The van der Waals surface area contributed by atoms with Crippen LogP contribution < -0.4 is 0 Å². The summed E-state index contributed by atoms with van der Waals surface area (Å²) >= 11 is 0. The quantitative estimate of drug-likeness (QED) is 0.468. The number of hydrogen-bond donors (Lipinski definition) is 2. The number of carbonyl (C=O) groups is 2. The molecule has 0 aliphatic rings. The van der Waals surface area contributed by atoms with Gasteiger partial charge in [-0.25, -0.2) is 13.6 Å². The van der Waals surface area contributed by atoms with Crippen LogP contribution in [0.2, 0.25) is 0 Å². The van der Waals surface area contributed by atoms with Crippen molar-refractivity contribution in [2.45, 2.75) is 0 Å². The first kappa shape index (κ1) is 11.8. The maximum atomic E-state index is 13.0. The number of hydrogen-bond acceptors (Lipinski definition) is 3. The van der Waals surface area contributed by atoms with Crippen molar-refractivity contribution in [3.05, 3.63) is 47.2 Å². The lowest BCUT2D eigenvalue weighted by atomic mass is 10.1. The lowest BCUT2D eigenvalue weighted by Crippen LogP contribution is -2.05. The normalized spacial score (nSPS) is 11.2. The van der Waals surface area contributed by atoms with Crippen molar-refractivity contribution in [2.24, 2.45) is 0 Å². The molecule has 0 unspecified atom stereocenters. The minimum Gasteiger partial charge on any atom is -0.502 e. The van der Waals surface area contributed by atoms with Crippen molar-refractivity contribution in [3.8, 4) is 0 Å². The van der Waals surface area contributed by atoms with Gasteiger partial charge in [-0.3, -0.25) is 4.79 Å². The van der Waals surface area contributed by atoms with Crippen LogP contribution in [0.1, 0.15) is 10.4 Å². The van der Waals surface area contributed by atoms with Crippen LogP contribution in [-0.2, 0) is 4.79 Å². The fourth-order valence-electron chi connectivity index (χ4n) is 0.950. The Morgan fingerprint density at radius 1 is 1.19 bits per heavy atom. The number of aliphatic hydroxyl groups is 1. The Labute approximate surface area is 88.4 Å². The van der Waals surface area contributed by atoms with Gasteiger partial charge in [0.25, 0.3) is 0 Å². The van der Waals surface area contributed by atoms with E-state index in [0.717, 1.165) is 12.1 Å². The molecule has 0 bridgehead atoms. The summed E-state index contributed by atoms with van der Waals surface area (Å²) in [6, 6.07) is 2.16. The number of ketones is 1. The third kappa shape index (κ3) is 2.63. The van der Waals surface area contributed by atoms with Gasteiger partial charge in [-0.1, -0.05) is 0 Å². The Balaban J connectivity index is 3.10. The zero-order valence-electron chi connectivity index (χ0n) is 7.78. The molecule has 0 saturated carbocycles. The second-order valence-corrected chi connectivity index (χ2v) is 2.82. The third-order valence-corrected chi connectivity index (χ3v) is 1.68. The van der Waals surface area contributed by atoms with Gasteiger partial charge >= 0.3 is 5.97 Å². The molecule has 0 atom stereocenters. The molecule has 6 heteroatoms. The van der Waals surface area contributed by atoms with Crippen LogP contribution in [-0.4, -0.2) is 22.0 Å². The maximum absolute atomic E-state index is 13.0. The average molecular weight is 228 g/mol. The topological polar surface area (TPSA) is 74.6 Å². The number of aliphatic carboxylic acids is 1. The van der Waals surface area contributed by atoms with Crippen molar-refractivity contribution >= 4 is 11.8 Å². The lowest BCUT2D eigenvalue weighted by Gasteiger charge is -1.98. The summed E-state index contributed by atoms with van der Waals surface area (Å²) in [5, 5.41) is 17.0. The molecule has 0 spiro atoms. The zero-order valence-corrected chi connectivity index (χ0v) is 7.78. The van der Waals surface area contributed by atoms with Crippen LogP contribution in [0.3, 0.4) is 0 Å². The molecular weight excluding hydrogens is 222 g/mol. The fourth-order valence-corrected chi connectivity index (χ4v) is 0.950. The zero-order chi connectivity index (χ0) is 12.3. The van der Waals surface area contributed by atoms with E-state index in [-0.39, 0.29) is 0 Å². The van der Waals surface area contributed by atoms with Crippen LogP contribution in [0.25, 0.3) is 0 Å². The Morgan fingerprint density at radius 2 is 1.81 bits per heavy atom. The molecule has 0 fully saturated rings. The molecule has 0 amide bonds. The summed E-state index contributed by atoms with van der Waals surface area (Å²) in [5.41, 5.74) is -0.646. The van der Waals surface area contributed by atoms with E-state index in [9.17, 15) is 18.4 Å². The highest BCUT2D eigenvalue weighted by Crippen LogP contribution is 2.11. The number of carboxylic acids is 1. The Hall–Kier alpha value is -2.24. The molecule has 1 rings (SSSR count). The monoisotopic (exact) mass is 228 g/mol. The highest BCUT2D eigenvalue weighted by atomic mass is 19.1. The first-order valence-corrected chi connectivity index (χ1v) is 4.05. The number of halogens is 2. The number of benzene rings is 1. The summed E-state index contributed by atoms with van der Waals surface area (Å²) in [7, 11) is 0. The van der Waals surface area contributed by atoms with Crippen molar-refractivity contribution in [1.82, 2.24) is 0 Å². The van der Waals surface area contributed by atoms with Gasteiger partial charge in [0.15, 0.2) is 5.78 Å². The molecule has 0 aliphatic heterocycles. The van der Waals surface area contributed by atoms with E-state index >= 15 is 0 Å². The lowest BCUT2D eigenvalue weighted by molar-refractivity contribution is -0.135. The average Bonchev–Trinajstić information content (AvgIpc) is 2.21. The van der Waals surface area contributed by atoms with Gasteiger partial charge < -0.3 is 10.2 Å². The van der Waals surface area contributed by atoms with Crippen LogP contribution in [0.15, 0.2) is 30.0 Å². The molecule has 0 aliphatic carbocycles. The second kappa shape index (κ2) is 4.52. The minimum absolute atomic E-state index is 0.306. The van der Waals surface area contributed by atoms with Gasteiger partial charge in [0.1, 0.15) is 11.6 Å². The first-order valence-electron chi connectivity index (χ1n) is 4.05. The van der Waals surface area contributed by atoms with Crippen molar-refractivity contribution < 1.29 is 28.6 Å². The number of carboxylic acid groups (broad SMARTS) is 1. The Kier molecular flexibility index (Phi) is 3.34. The molecule has 84 valence electrons. The van der Waals surface area contributed by atoms with Crippen molar-refractivity contribution in [2.75, 3.05) is 0 Å². The summed E-state index contributed by atoms with van der Waals surface area (Å²) in [5.74, 6) is -5.94. The molecule has 0 aromatic heterocycles. The molecule has 0 radical (unpaired) electrons. The first-order chi connectivity index (χ1) is 7.41. The van der Waals surface area contributed by atoms with E-state index in [2.05, 4.69) is 0 Å². The SMILES string of the molecule is O=C(O)C(O)=CC(=O)c1cc(F)ccc1F. The van der Waals surface area contributed by atoms with E-state index in [0.29, 0.717) is 12.1 Å². The molecule has 2 N–H and O–H groups in total. The van der Waals surface area contributed by atoms with E-state index < -0.39 is 34.7 Å². The van der Waals surface area contributed by atoms with E-state index in [1.807, 2.05) is 0 Å². The van der Waals surface area contributed by atoms with E-state index in [1.54, 1.807) is 0 Å². The predicted octanol–water partition coefficient (Wildman–Crippen LogP) is 1.67. The van der Waals surface area contributed by atoms with Crippen LogP contribution >= 0.6 is 0 Å². The molecule has 1 aromatic carbocycles. The minimum atomic E-state index is -1.73. The highest BCUT2D eigenvalue weighted by molar-refractivity contribution is 6.07. The van der Waals surface area contributed by atoms with E-state index in [4.69, 9.17) is 10.2 Å². The molecular formula is C10H6F2O4. The third-order valence-electron chi connectivity index (χ3n) is 1.68. The van der Waals surface area contributed by atoms with Gasteiger partial charge in [0.05, 0.1) is 5.56 Å². The largest absolute Gasteiger partial charge is 0.502 e. The number of aliphatic hydroxyl groups excluding tert-OH is 1. The van der Waals surface area contributed by atoms with Crippen molar-refractivity contribution in [3.63, 3.8) is 0 Å². The summed E-state index contributed by atoms with van der Waals surface area (Å²) in [4.78, 5) is 21.4. The number of carbonyl (C=O) groups excluding carboxylic acids is 1. The van der Waals surface area contributed by atoms with Gasteiger partial charge in [-0.15, -0.1) is 0 Å². The predicted molar refractivity (Wildman–Crippen MR) is 49.0 cm³/mol. The molecule has 0 saturated heterocycles. The van der Waals surface area contributed by atoms with Gasteiger partial charge in [-0.2, -0.15) is 0 Å². The van der Waals surface area contributed by atoms with Gasteiger partial charge in [-0.05, 0) is 18.2 Å². The summed E-state index contributed by atoms with van der Waals surface area (Å²) in [6.07, 6.45) is 0.306. The van der Waals surface area contributed by atoms with E-state index in [1.165, 1.54) is 0 Å².